The first-order valence-electron chi connectivity index (χ1n) is 31.6. The minimum atomic E-state index is -1.13. The molecule has 0 N–H and O–H groups in total. The Kier molecular flexibility index (Phi) is 3.03. The van der Waals surface area contributed by atoms with Crippen LogP contribution in [0.3, 0.4) is 0 Å². The zero-order chi connectivity index (χ0) is 63.3. The lowest BCUT2D eigenvalue weighted by Gasteiger charge is -2.16. The third-order valence-electron chi connectivity index (χ3n) is 8.53. The zero-order valence-electron chi connectivity index (χ0n) is 58.4. The number of hydrogen-bond donors (Lipinski definition) is 0. The SMILES string of the molecule is [2H]c1c([2H])c([2H])c(-c2nc(-c3c([2H])c(-c4c([2H])c([2H])c([2H])c([2H])c4[2H])c([2H])c(-c4c([2H])c([2H])c5oc6c([2H])c([2H])c([2H])c([2H])c6c5c4[2H])c3[2H])cc(-c3c4c([2H])c([2H])c([2H])c([2H])c4c([2H])c4c3c([2H])c([2H])c3c([2H])c([2H])c([2H])c([2H])c34)n2)c([2H])c1[2H]. The Hall–Kier alpha value is -7.36. The van der Waals surface area contributed by atoms with E-state index in [0.717, 1.165) is 6.07 Å². The van der Waals surface area contributed by atoms with Gasteiger partial charge in [-0.15, -0.1) is 0 Å². The first-order valence-corrected chi connectivity index (χ1v) is 16.1. The van der Waals surface area contributed by atoms with Gasteiger partial charge in [-0.25, -0.2) is 9.97 Å². The molecule has 0 unspecified atom stereocenters. The summed E-state index contributed by atoms with van der Waals surface area (Å²) >= 11 is 0. The molecule has 0 radical (unpaired) electrons. The first kappa shape index (κ1) is 13.2. The van der Waals surface area contributed by atoms with Gasteiger partial charge >= 0.3 is 0 Å². The molecule has 55 heavy (non-hydrogen) atoms. The molecule has 0 aliphatic heterocycles. The van der Waals surface area contributed by atoms with Crippen LogP contribution in [0.4, 0.5) is 0 Å². The number of fused-ring (bicyclic) bond motifs is 7. The Labute approximate surface area is 361 Å². The zero-order valence-corrected chi connectivity index (χ0v) is 27.4. The van der Waals surface area contributed by atoms with Crippen LogP contribution in [0.15, 0.2) is 198 Å². The predicted molar refractivity (Wildman–Crippen MR) is 229 cm³/mol. The van der Waals surface area contributed by atoms with E-state index in [0.29, 0.717) is 0 Å². The number of hydrogen-bond acceptors (Lipinski definition) is 3. The molecular formula is C52H32N2O. The largest absolute Gasteiger partial charge is 0.456 e. The molecule has 0 aliphatic rings. The van der Waals surface area contributed by atoms with E-state index in [1.54, 1.807) is 0 Å². The van der Waals surface area contributed by atoms with Crippen molar-refractivity contribution in [3.05, 3.63) is 193 Å². The number of benzene rings is 9. The predicted octanol–water partition coefficient (Wildman–Crippen LogP) is 14.2. The highest BCUT2D eigenvalue weighted by atomic mass is 16.3. The van der Waals surface area contributed by atoms with Crippen LogP contribution < -0.4 is 0 Å². The Morgan fingerprint density at radius 2 is 0.964 bits per heavy atom. The smallest absolute Gasteiger partial charge is 0.160 e. The highest BCUT2D eigenvalue weighted by Crippen LogP contribution is 2.41. The number of nitrogens with zero attached hydrogens (tertiary/aromatic N) is 2. The fraction of sp³-hybridized carbons (Fsp3) is 0. The summed E-state index contributed by atoms with van der Waals surface area (Å²) in [6.45, 7) is 0. The molecule has 0 aliphatic carbocycles. The highest BCUT2D eigenvalue weighted by molar-refractivity contribution is 6.20. The van der Waals surface area contributed by atoms with Gasteiger partial charge in [0.15, 0.2) is 5.82 Å². The maximum atomic E-state index is 10.1. The van der Waals surface area contributed by atoms with Crippen LogP contribution in [-0.2, 0) is 0 Å². The normalized spacial score (nSPS) is 19.5. The maximum absolute atomic E-state index is 10.1. The third-order valence-corrected chi connectivity index (χ3v) is 8.53. The average molecular weight is 732 g/mol. The van der Waals surface area contributed by atoms with Gasteiger partial charge in [0.05, 0.1) is 53.9 Å². The monoisotopic (exact) mass is 731 g/mol. The molecule has 0 fully saturated rings. The molecule has 0 amide bonds. The summed E-state index contributed by atoms with van der Waals surface area (Å²) in [6, 6.07) is -28.5. The van der Waals surface area contributed by atoms with Gasteiger partial charge in [-0.2, -0.15) is 0 Å². The van der Waals surface area contributed by atoms with Gasteiger partial charge in [0.25, 0.3) is 0 Å². The van der Waals surface area contributed by atoms with Crippen molar-refractivity contribution >= 4 is 54.3 Å². The molecule has 2 heterocycles. The lowest BCUT2D eigenvalue weighted by Crippen LogP contribution is -1.98. The summed E-state index contributed by atoms with van der Waals surface area (Å²) in [5, 5.41) is -4.84. The van der Waals surface area contributed by atoms with Gasteiger partial charge in [0.2, 0.25) is 0 Å². The molecule has 9 aromatic carbocycles. The minimum absolute atomic E-state index is 0.486. The van der Waals surface area contributed by atoms with Crippen molar-refractivity contribution in [2.45, 2.75) is 0 Å². The van der Waals surface area contributed by atoms with Gasteiger partial charge in [-0.05, 0) is 103 Å². The van der Waals surface area contributed by atoms with Crippen LogP contribution >= 0.6 is 0 Å². The van der Waals surface area contributed by atoms with E-state index in [4.69, 9.17) is 31.8 Å². The second-order valence-electron chi connectivity index (χ2n) is 11.7. The van der Waals surface area contributed by atoms with Gasteiger partial charge in [-0.1, -0.05) is 145 Å². The van der Waals surface area contributed by atoms with Gasteiger partial charge in [0, 0.05) is 27.5 Å². The Bertz CT molecular complexity index is 5020. The number of rotatable bonds is 5. The quantitative estimate of drug-likeness (QED) is 0.131. The van der Waals surface area contributed by atoms with Crippen molar-refractivity contribution in [1.29, 1.82) is 0 Å². The van der Waals surface area contributed by atoms with Crippen molar-refractivity contribution in [2.24, 2.45) is 0 Å². The first-order chi connectivity index (χ1) is 40.2. The molecule has 0 spiro atoms. The molecule has 3 heteroatoms. The van der Waals surface area contributed by atoms with Crippen molar-refractivity contribution in [1.82, 2.24) is 9.97 Å². The lowest BCUT2D eigenvalue weighted by molar-refractivity contribution is 0.669. The summed E-state index contributed by atoms with van der Waals surface area (Å²) < 4.78 is 286. The molecular weight excluding hydrogens is 669 g/mol. The molecule has 3 nitrogen and oxygen atoms in total. The summed E-state index contributed by atoms with van der Waals surface area (Å²) in [7, 11) is 0. The van der Waals surface area contributed by atoms with E-state index in [2.05, 4.69) is 9.97 Å². The maximum Gasteiger partial charge on any atom is 0.160 e. The Morgan fingerprint density at radius 3 is 1.78 bits per heavy atom. The Balaban J connectivity index is 1.43. The summed E-state index contributed by atoms with van der Waals surface area (Å²) in [6.07, 6.45) is 0. The minimum Gasteiger partial charge on any atom is -0.456 e. The highest BCUT2D eigenvalue weighted by Gasteiger charge is 2.18. The van der Waals surface area contributed by atoms with E-state index in [9.17, 15) is 15.1 Å². The van der Waals surface area contributed by atoms with Crippen LogP contribution in [0.25, 0.3) is 110 Å². The summed E-state index contributed by atoms with van der Waals surface area (Å²) in [5.74, 6) is -0.942. The molecule has 256 valence electrons. The van der Waals surface area contributed by atoms with Crippen LogP contribution in [0.5, 0.6) is 0 Å². The van der Waals surface area contributed by atoms with Crippen molar-refractivity contribution in [3.8, 4) is 56.2 Å². The second kappa shape index (κ2) is 12.6. The fourth-order valence-electron chi connectivity index (χ4n) is 6.15. The van der Waals surface area contributed by atoms with E-state index in [-0.39, 0.29) is 0 Å². The topological polar surface area (TPSA) is 38.9 Å². The summed E-state index contributed by atoms with van der Waals surface area (Å²) in [4.78, 5) is 9.14. The molecule has 0 bridgehead atoms. The summed E-state index contributed by atoms with van der Waals surface area (Å²) in [5.41, 5.74) is -8.91. The van der Waals surface area contributed by atoms with Gasteiger partial charge in [0.1, 0.15) is 11.2 Å². The van der Waals surface area contributed by atoms with Crippen LogP contribution in [0.2, 0.25) is 0 Å². The lowest BCUT2D eigenvalue weighted by atomic mass is 9.90. The van der Waals surface area contributed by atoms with Crippen LogP contribution in [0.1, 0.15) is 42.5 Å². The van der Waals surface area contributed by atoms with Gasteiger partial charge < -0.3 is 4.42 Å². The van der Waals surface area contributed by atoms with Crippen molar-refractivity contribution in [3.63, 3.8) is 0 Å². The third kappa shape index (κ3) is 5.36. The molecule has 0 atom stereocenters. The standard InChI is InChI=1S/C52H32N2O/c1-3-13-33(14-4-1)38-27-39(36-24-26-50-46(30-36)43-21-11-12-22-49(43)55-50)29-40(28-38)47-32-48(54-52(53-47)35-16-5-2-6-17-35)51-42-20-10-8-18-37(42)31-45-41-19-9-7-15-34(41)23-25-44(45)51/h1-32H/i1D,2D,3D,4D,5D,6D,7D,8D,9D,10D,11D,12D,13D,14D,15D,16D,17D,18D,19D,20D,21D,22D,23D,24D,25D,26D,27D,28D,29D,30D,31D. The number of aromatic nitrogens is 2. The fourth-order valence-corrected chi connectivity index (χ4v) is 6.15. The Morgan fingerprint density at radius 1 is 0.345 bits per heavy atom. The van der Waals surface area contributed by atoms with E-state index < -0.39 is 298 Å². The van der Waals surface area contributed by atoms with Crippen molar-refractivity contribution in [2.75, 3.05) is 0 Å². The van der Waals surface area contributed by atoms with E-state index in [1.165, 1.54) is 0 Å². The molecule has 0 saturated heterocycles. The molecule has 0 saturated carbocycles. The number of furan rings is 1. The molecule has 11 aromatic rings. The van der Waals surface area contributed by atoms with Crippen LogP contribution in [0, 0.1) is 0 Å². The second-order valence-corrected chi connectivity index (χ2v) is 11.7. The molecule has 2 aromatic heterocycles. The van der Waals surface area contributed by atoms with Crippen molar-refractivity contribution < 1.29 is 46.9 Å². The number of para-hydroxylation sites is 1. The molecule has 11 rings (SSSR count). The van der Waals surface area contributed by atoms with E-state index >= 15 is 0 Å². The van der Waals surface area contributed by atoms with Crippen LogP contribution in [-0.4, -0.2) is 9.97 Å². The van der Waals surface area contributed by atoms with E-state index in [1.807, 2.05) is 0 Å². The average Bonchev–Trinajstić information content (AvgIpc) is 1.16. The van der Waals surface area contributed by atoms with Gasteiger partial charge in [-0.3, -0.25) is 0 Å².